The van der Waals surface area contributed by atoms with Crippen molar-refractivity contribution in [1.29, 1.82) is 0 Å². The summed E-state index contributed by atoms with van der Waals surface area (Å²) in [7, 11) is 0. The van der Waals surface area contributed by atoms with E-state index in [0.29, 0.717) is 6.54 Å². The van der Waals surface area contributed by atoms with E-state index in [1.54, 1.807) is 0 Å². The Kier molecular flexibility index (Phi) is 5.09. The maximum Gasteiger partial charge on any atom is 0.169 e. The second-order valence-corrected chi connectivity index (χ2v) is 6.60. The minimum absolute atomic E-state index is 0.124. The maximum atomic E-state index is 10.6. The third kappa shape index (κ3) is 4.07. The van der Waals surface area contributed by atoms with Gasteiger partial charge in [-0.25, -0.2) is 0 Å². The molecule has 1 fully saturated rings. The highest BCUT2D eigenvalue weighted by Crippen LogP contribution is 2.33. The Bertz CT molecular complexity index is 397. The fourth-order valence-electron chi connectivity index (χ4n) is 2.80. The molecule has 0 saturated heterocycles. The van der Waals surface area contributed by atoms with E-state index >= 15 is 0 Å². The van der Waals surface area contributed by atoms with Crippen molar-refractivity contribution in [2.24, 2.45) is 5.92 Å². The molecule has 19 heavy (non-hydrogen) atoms. The minimum Gasteiger partial charge on any atom is -0.453 e. The third-order valence-corrected chi connectivity index (χ3v) is 4.80. The summed E-state index contributed by atoms with van der Waals surface area (Å²) in [5.41, 5.74) is -0.538. The lowest BCUT2D eigenvalue weighted by molar-refractivity contribution is -0.0107. The molecular formula is C15H24BrNO2. The monoisotopic (exact) mass is 329 g/mol. The molecular weight excluding hydrogens is 306 g/mol. The molecule has 1 aromatic rings. The topological polar surface area (TPSA) is 45.4 Å². The molecule has 1 saturated carbocycles. The van der Waals surface area contributed by atoms with E-state index < -0.39 is 5.60 Å². The standard InChI is InChI=1S/C15H24BrNO2/c1-3-12-6-8-15(18,9-7-12)10-17-11(2)13-4-5-14(16)19-13/h4-5,11-12,17-18H,3,6-10H2,1-2H3. The van der Waals surface area contributed by atoms with Crippen LogP contribution in [0.25, 0.3) is 0 Å². The highest BCUT2D eigenvalue weighted by atomic mass is 79.9. The highest BCUT2D eigenvalue weighted by Gasteiger charge is 2.32. The van der Waals surface area contributed by atoms with Gasteiger partial charge in [-0.3, -0.25) is 0 Å². The molecule has 1 heterocycles. The Labute approximate surface area is 123 Å². The van der Waals surface area contributed by atoms with Crippen molar-refractivity contribution in [1.82, 2.24) is 5.32 Å². The van der Waals surface area contributed by atoms with Gasteiger partial charge in [0.15, 0.2) is 4.67 Å². The number of hydrogen-bond donors (Lipinski definition) is 2. The van der Waals surface area contributed by atoms with Crippen molar-refractivity contribution in [3.8, 4) is 0 Å². The van der Waals surface area contributed by atoms with Crippen LogP contribution in [0.5, 0.6) is 0 Å². The number of rotatable bonds is 5. The molecule has 2 rings (SSSR count). The summed E-state index contributed by atoms with van der Waals surface area (Å²) < 4.78 is 6.27. The SMILES string of the molecule is CCC1CCC(O)(CNC(C)c2ccc(Br)o2)CC1. The molecule has 0 radical (unpaired) electrons. The maximum absolute atomic E-state index is 10.6. The van der Waals surface area contributed by atoms with Gasteiger partial charge in [0.1, 0.15) is 5.76 Å². The normalized spacial score (nSPS) is 29.4. The zero-order valence-corrected chi connectivity index (χ0v) is 13.4. The average Bonchev–Trinajstić information content (AvgIpc) is 2.84. The predicted molar refractivity (Wildman–Crippen MR) is 80.0 cm³/mol. The summed E-state index contributed by atoms with van der Waals surface area (Å²) in [5, 5.41) is 14.0. The van der Waals surface area contributed by atoms with E-state index in [2.05, 4.69) is 35.1 Å². The van der Waals surface area contributed by atoms with Crippen LogP contribution in [-0.2, 0) is 0 Å². The van der Waals surface area contributed by atoms with Crippen molar-refractivity contribution < 1.29 is 9.52 Å². The highest BCUT2D eigenvalue weighted by molar-refractivity contribution is 9.10. The van der Waals surface area contributed by atoms with Crippen molar-refractivity contribution in [3.05, 3.63) is 22.6 Å². The van der Waals surface area contributed by atoms with Gasteiger partial charge in [0, 0.05) is 6.54 Å². The van der Waals surface area contributed by atoms with Gasteiger partial charge in [0.05, 0.1) is 11.6 Å². The van der Waals surface area contributed by atoms with E-state index in [9.17, 15) is 5.11 Å². The van der Waals surface area contributed by atoms with Crippen molar-refractivity contribution in [2.45, 2.75) is 57.6 Å². The fraction of sp³-hybridized carbons (Fsp3) is 0.733. The second-order valence-electron chi connectivity index (χ2n) is 5.82. The van der Waals surface area contributed by atoms with Crippen LogP contribution < -0.4 is 5.32 Å². The molecule has 0 amide bonds. The molecule has 3 nitrogen and oxygen atoms in total. The smallest absolute Gasteiger partial charge is 0.169 e. The summed E-state index contributed by atoms with van der Waals surface area (Å²) in [6, 6.07) is 3.98. The zero-order chi connectivity index (χ0) is 13.9. The number of furan rings is 1. The van der Waals surface area contributed by atoms with Crippen molar-refractivity contribution in [2.75, 3.05) is 6.54 Å². The minimum atomic E-state index is -0.538. The van der Waals surface area contributed by atoms with Gasteiger partial charge in [-0.1, -0.05) is 13.3 Å². The first-order chi connectivity index (χ1) is 9.02. The quantitative estimate of drug-likeness (QED) is 0.857. The van der Waals surface area contributed by atoms with Crippen LogP contribution in [0.3, 0.4) is 0 Å². The van der Waals surface area contributed by atoms with Crippen LogP contribution in [-0.4, -0.2) is 17.3 Å². The van der Waals surface area contributed by atoms with Gasteiger partial charge >= 0.3 is 0 Å². The van der Waals surface area contributed by atoms with Crippen LogP contribution >= 0.6 is 15.9 Å². The Morgan fingerprint density at radius 3 is 2.68 bits per heavy atom. The zero-order valence-electron chi connectivity index (χ0n) is 11.8. The van der Waals surface area contributed by atoms with Crippen LogP contribution in [0.2, 0.25) is 0 Å². The molecule has 1 aliphatic carbocycles. The van der Waals surface area contributed by atoms with Gasteiger partial charge in [-0.15, -0.1) is 0 Å². The molecule has 1 atom stereocenters. The van der Waals surface area contributed by atoms with Gasteiger partial charge in [-0.05, 0) is 66.6 Å². The van der Waals surface area contributed by atoms with Crippen LogP contribution in [0.15, 0.2) is 21.2 Å². The summed E-state index contributed by atoms with van der Waals surface area (Å²) in [6.45, 7) is 4.94. The van der Waals surface area contributed by atoms with E-state index in [-0.39, 0.29) is 6.04 Å². The number of nitrogens with one attached hydrogen (secondary N) is 1. The molecule has 4 heteroatoms. The van der Waals surface area contributed by atoms with E-state index in [4.69, 9.17) is 4.42 Å². The number of aliphatic hydroxyl groups is 1. The average molecular weight is 330 g/mol. The van der Waals surface area contributed by atoms with E-state index in [1.165, 1.54) is 6.42 Å². The van der Waals surface area contributed by atoms with Crippen molar-refractivity contribution in [3.63, 3.8) is 0 Å². The Balaban J connectivity index is 1.81. The molecule has 0 bridgehead atoms. The number of halogens is 1. The lowest BCUT2D eigenvalue weighted by Crippen LogP contribution is -2.44. The van der Waals surface area contributed by atoms with Crippen LogP contribution in [0, 0.1) is 5.92 Å². The van der Waals surface area contributed by atoms with Crippen LogP contribution in [0.4, 0.5) is 0 Å². The Morgan fingerprint density at radius 2 is 2.16 bits per heavy atom. The van der Waals surface area contributed by atoms with Gasteiger partial charge in [0.2, 0.25) is 0 Å². The first-order valence-corrected chi connectivity index (χ1v) is 8.03. The summed E-state index contributed by atoms with van der Waals surface area (Å²) in [5.74, 6) is 1.71. The molecule has 0 spiro atoms. The van der Waals surface area contributed by atoms with Gasteiger partial charge in [0.25, 0.3) is 0 Å². The van der Waals surface area contributed by atoms with E-state index in [1.807, 2.05) is 12.1 Å². The predicted octanol–water partition coefficient (Wildman–Crippen LogP) is 4.02. The summed E-state index contributed by atoms with van der Waals surface area (Å²) in [4.78, 5) is 0. The van der Waals surface area contributed by atoms with Crippen LogP contribution in [0.1, 0.15) is 57.8 Å². The fourth-order valence-corrected chi connectivity index (χ4v) is 3.12. The third-order valence-electron chi connectivity index (χ3n) is 4.37. The molecule has 0 aliphatic heterocycles. The molecule has 1 unspecified atom stereocenters. The molecule has 2 N–H and O–H groups in total. The lowest BCUT2D eigenvalue weighted by Gasteiger charge is -2.36. The lowest BCUT2D eigenvalue weighted by atomic mass is 9.78. The molecule has 1 aliphatic rings. The van der Waals surface area contributed by atoms with E-state index in [0.717, 1.165) is 42.0 Å². The first kappa shape index (κ1) is 15.1. The molecule has 0 aromatic carbocycles. The Morgan fingerprint density at radius 1 is 1.47 bits per heavy atom. The second kappa shape index (κ2) is 6.42. The largest absolute Gasteiger partial charge is 0.453 e. The molecule has 1 aromatic heterocycles. The summed E-state index contributed by atoms with van der Waals surface area (Å²) >= 11 is 3.31. The molecule has 108 valence electrons. The van der Waals surface area contributed by atoms with Gasteiger partial charge in [-0.2, -0.15) is 0 Å². The van der Waals surface area contributed by atoms with Gasteiger partial charge < -0.3 is 14.8 Å². The number of hydrogen-bond acceptors (Lipinski definition) is 3. The Hall–Kier alpha value is -0.320. The van der Waals surface area contributed by atoms with Crippen molar-refractivity contribution >= 4 is 15.9 Å². The summed E-state index contributed by atoms with van der Waals surface area (Å²) in [6.07, 6.45) is 5.35. The first-order valence-electron chi connectivity index (χ1n) is 7.23.